The van der Waals surface area contributed by atoms with E-state index < -0.39 is 9.84 Å². The van der Waals surface area contributed by atoms with Crippen molar-refractivity contribution in [2.24, 2.45) is 5.92 Å². The van der Waals surface area contributed by atoms with Crippen molar-refractivity contribution in [3.8, 4) is 0 Å². The Labute approximate surface area is 155 Å². The monoisotopic (exact) mass is 378 g/mol. The average molecular weight is 378 g/mol. The zero-order valence-electron chi connectivity index (χ0n) is 15.0. The first-order chi connectivity index (χ1) is 12.4. The van der Waals surface area contributed by atoms with Gasteiger partial charge >= 0.3 is 0 Å². The lowest BCUT2D eigenvalue weighted by Crippen LogP contribution is -2.50. The molecule has 1 unspecified atom stereocenters. The lowest BCUT2D eigenvalue weighted by atomic mass is 10.0. The molecule has 2 aliphatic heterocycles. The Morgan fingerprint density at radius 2 is 1.58 bits per heavy atom. The second-order valence-corrected chi connectivity index (χ2v) is 9.45. The van der Waals surface area contributed by atoms with Gasteiger partial charge in [-0.15, -0.1) is 0 Å². The summed E-state index contributed by atoms with van der Waals surface area (Å²) in [6, 6.07) is 9.95. The molecule has 26 heavy (non-hydrogen) atoms. The molecule has 0 saturated carbocycles. The largest absolute Gasteiger partial charge is 0.339 e. The first-order valence-electron chi connectivity index (χ1n) is 9.23. The zero-order chi connectivity index (χ0) is 18.6. The van der Waals surface area contributed by atoms with Crippen molar-refractivity contribution in [2.45, 2.75) is 25.7 Å². The van der Waals surface area contributed by atoms with Gasteiger partial charge in [0, 0.05) is 39.0 Å². The highest BCUT2D eigenvalue weighted by Crippen LogP contribution is 2.22. The Kier molecular flexibility index (Phi) is 5.96. The van der Waals surface area contributed by atoms with Gasteiger partial charge in [0.25, 0.3) is 0 Å². The van der Waals surface area contributed by atoms with E-state index in [1.165, 1.54) is 0 Å². The van der Waals surface area contributed by atoms with E-state index in [1.807, 2.05) is 35.2 Å². The third-order valence-electron chi connectivity index (χ3n) is 5.25. The van der Waals surface area contributed by atoms with Crippen LogP contribution in [0.2, 0.25) is 0 Å². The summed E-state index contributed by atoms with van der Waals surface area (Å²) < 4.78 is 23.0. The molecule has 0 spiro atoms. The van der Waals surface area contributed by atoms with Gasteiger partial charge < -0.3 is 9.80 Å². The number of hydrogen-bond acceptors (Lipinski definition) is 4. The predicted octanol–water partition coefficient (Wildman–Crippen LogP) is 1.11. The maximum atomic E-state index is 12.4. The molecule has 0 bridgehead atoms. The van der Waals surface area contributed by atoms with Crippen molar-refractivity contribution in [1.82, 2.24) is 9.80 Å². The van der Waals surface area contributed by atoms with E-state index in [4.69, 9.17) is 0 Å². The number of benzene rings is 1. The van der Waals surface area contributed by atoms with Gasteiger partial charge in [-0.2, -0.15) is 0 Å². The standard InChI is InChI=1S/C19H26N2O4S/c22-18(7-6-16-4-2-1-3-5-16)20-9-11-21(12-10-20)19(23)14-17-8-13-26(24,25)15-17/h1-5,17H,6-15H2. The second kappa shape index (κ2) is 8.20. The van der Waals surface area contributed by atoms with Crippen LogP contribution in [-0.2, 0) is 25.8 Å². The molecule has 7 heteroatoms. The minimum atomic E-state index is -2.94. The van der Waals surface area contributed by atoms with Crippen LogP contribution in [-0.4, -0.2) is 67.7 Å². The van der Waals surface area contributed by atoms with Gasteiger partial charge in [0.15, 0.2) is 9.84 Å². The number of carbonyl (C=O) groups is 2. The molecule has 2 saturated heterocycles. The Bertz CT molecular complexity index is 740. The van der Waals surface area contributed by atoms with Gasteiger partial charge in [-0.3, -0.25) is 9.59 Å². The molecule has 2 heterocycles. The summed E-state index contributed by atoms with van der Waals surface area (Å²) in [7, 11) is -2.94. The van der Waals surface area contributed by atoms with Gasteiger partial charge in [-0.05, 0) is 24.3 Å². The van der Waals surface area contributed by atoms with Gasteiger partial charge in [0.05, 0.1) is 11.5 Å². The van der Waals surface area contributed by atoms with E-state index in [1.54, 1.807) is 4.90 Å². The predicted molar refractivity (Wildman–Crippen MR) is 99.3 cm³/mol. The molecular formula is C19H26N2O4S. The number of piperazine rings is 1. The quantitative estimate of drug-likeness (QED) is 0.769. The van der Waals surface area contributed by atoms with Crippen LogP contribution in [0.15, 0.2) is 30.3 Å². The lowest BCUT2D eigenvalue weighted by molar-refractivity contribution is -0.140. The highest BCUT2D eigenvalue weighted by molar-refractivity contribution is 7.91. The minimum Gasteiger partial charge on any atom is -0.339 e. The number of nitrogens with zero attached hydrogens (tertiary/aromatic N) is 2. The molecule has 6 nitrogen and oxygen atoms in total. The maximum absolute atomic E-state index is 12.4. The van der Waals surface area contributed by atoms with Crippen LogP contribution in [0.4, 0.5) is 0 Å². The number of amides is 2. The van der Waals surface area contributed by atoms with Gasteiger partial charge in [-0.25, -0.2) is 8.42 Å². The molecule has 2 fully saturated rings. The molecule has 3 rings (SSSR count). The first-order valence-corrected chi connectivity index (χ1v) is 11.0. The molecule has 0 N–H and O–H groups in total. The number of sulfone groups is 1. The van der Waals surface area contributed by atoms with E-state index >= 15 is 0 Å². The lowest BCUT2D eigenvalue weighted by Gasteiger charge is -2.35. The molecule has 0 aliphatic carbocycles. The Hall–Kier alpha value is -1.89. The van der Waals surface area contributed by atoms with E-state index in [0.717, 1.165) is 12.0 Å². The first kappa shape index (κ1) is 18.9. The third-order valence-corrected chi connectivity index (χ3v) is 7.08. The summed E-state index contributed by atoms with van der Waals surface area (Å²) in [5.74, 6) is 0.440. The SMILES string of the molecule is O=C(CCc1ccccc1)N1CCN(C(=O)CC2CCS(=O)(=O)C2)CC1. The second-order valence-electron chi connectivity index (χ2n) is 7.22. The molecule has 0 radical (unpaired) electrons. The van der Waals surface area contributed by atoms with Gasteiger partial charge in [-0.1, -0.05) is 30.3 Å². The van der Waals surface area contributed by atoms with Crippen LogP contribution < -0.4 is 0 Å². The third kappa shape index (κ3) is 5.06. The van der Waals surface area contributed by atoms with Crippen LogP contribution in [0.3, 0.4) is 0 Å². The van der Waals surface area contributed by atoms with Crippen molar-refractivity contribution in [2.75, 3.05) is 37.7 Å². The van der Waals surface area contributed by atoms with Crippen molar-refractivity contribution in [3.05, 3.63) is 35.9 Å². The normalized spacial score (nSPS) is 22.4. The average Bonchev–Trinajstić information content (AvgIpc) is 2.99. The number of rotatable bonds is 5. The molecular weight excluding hydrogens is 352 g/mol. The zero-order valence-corrected chi connectivity index (χ0v) is 15.8. The fraction of sp³-hybridized carbons (Fsp3) is 0.579. The molecule has 1 aromatic carbocycles. The van der Waals surface area contributed by atoms with Gasteiger partial charge in [0.1, 0.15) is 0 Å². The maximum Gasteiger partial charge on any atom is 0.223 e. The van der Waals surface area contributed by atoms with Gasteiger partial charge in [0.2, 0.25) is 11.8 Å². The smallest absolute Gasteiger partial charge is 0.223 e. The Morgan fingerprint density at radius 3 is 2.15 bits per heavy atom. The van der Waals surface area contributed by atoms with E-state index in [-0.39, 0.29) is 29.2 Å². The van der Waals surface area contributed by atoms with Crippen LogP contribution in [0, 0.1) is 5.92 Å². The number of aryl methyl sites for hydroxylation is 1. The molecule has 1 aromatic rings. The summed E-state index contributed by atoms with van der Waals surface area (Å²) in [5.41, 5.74) is 1.15. The Morgan fingerprint density at radius 1 is 0.962 bits per heavy atom. The van der Waals surface area contributed by atoms with Crippen LogP contribution >= 0.6 is 0 Å². The topological polar surface area (TPSA) is 74.8 Å². The minimum absolute atomic E-state index is 0.0171. The molecule has 0 aromatic heterocycles. The number of carbonyl (C=O) groups excluding carboxylic acids is 2. The number of hydrogen-bond donors (Lipinski definition) is 0. The molecule has 142 valence electrons. The van der Waals surface area contributed by atoms with Crippen LogP contribution in [0.5, 0.6) is 0 Å². The van der Waals surface area contributed by atoms with E-state index in [0.29, 0.717) is 45.4 Å². The Balaban J connectivity index is 1.40. The van der Waals surface area contributed by atoms with Crippen molar-refractivity contribution >= 4 is 21.7 Å². The van der Waals surface area contributed by atoms with Crippen molar-refractivity contribution < 1.29 is 18.0 Å². The van der Waals surface area contributed by atoms with Crippen LogP contribution in [0.25, 0.3) is 0 Å². The highest BCUT2D eigenvalue weighted by Gasteiger charge is 2.31. The molecule has 2 aliphatic rings. The molecule has 1 atom stereocenters. The van der Waals surface area contributed by atoms with Crippen molar-refractivity contribution in [1.29, 1.82) is 0 Å². The van der Waals surface area contributed by atoms with Crippen LogP contribution in [0.1, 0.15) is 24.8 Å². The van der Waals surface area contributed by atoms with Crippen molar-refractivity contribution in [3.63, 3.8) is 0 Å². The highest BCUT2D eigenvalue weighted by atomic mass is 32.2. The summed E-state index contributed by atoms with van der Waals surface area (Å²) in [5, 5.41) is 0. The van der Waals surface area contributed by atoms with E-state index in [2.05, 4.69) is 0 Å². The summed E-state index contributed by atoms with van der Waals surface area (Å²) >= 11 is 0. The fourth-order valence-electron chi connectivity index (χ4n) is 3.67. The summed E-state index contributed by atoms with van der Waals surface area (Å²) in [6.07, 6.45) is 2.11. The fourth-order valence-corrected chi connectivity index (χ4v) is 5.53. The van der Waals surface area contributed by atoms with E-state index in [9.17, 15) is 18.0 Å². The summed E-state index contributed by atoms with van der Waals surface area (Å²) in [4.78, 5) is 28.3. The molecule has 2 amide bonds. The summed E-state index contributed by atoms with van der Waals surface area (Å²) in [6.45, 7) is 2.19.